The minimum absolute atomic E-state index is 0.0707. The van der Waals surface area contributed by atoms with E-state index in [1.165, 1.54) is 10.5 Å². The lowest BCUT2D eigenvalue weighted by Crippen LogP contribution is -2.00. The molecular formula is C16H12N4O5. The number of hydrogen-bond acceptors (Lipinski definition) is 7. The molecule has 3 aromatic rings. The summed E-state index contributed by atoms with van der Waals surface area (Å²) < 4.78 is 12.0. The van der Waals surface area contributed by atoms with Crippen LogP contribution in [-0.4, -0.2) is 32.4 Å². The highest BCUT2D eigenvalue weighted by Gasteiger charge is 2.17. The van der Waals surface area contributed by atoms with Gasteiger partial charge in [-0.15, -0.1) is 10.2 Å². The summed E-state index contributed by atoms with van der Waals surface area (Å²) in [4.78, 5) is 15.2. The van der Waals surface area contributed by atoms with Crippen molar-refractivity contribution in [2.75, 3.05) is 6.79 Å². The number of fused-ring (bicyclic) bond motifs is 2. The maximum Gasteiger partial charge on any atom is 0.309 e. The molecule has 0 radical (unpaired) electrons. The van der Waals surface area contributed by atoms with Gasteiger partial charge in [0, 0.05) is 12.3 Å². The van der Waals surface area contributed by atoms with Crippen LogP contribution in [0.25, 0.3) is 5.65 Å². The van der Waals surface area contributed by atoms with Gasteiger partial charge in [-0.2, -0.15) is 0 Å². The summed E-state index contributed by atoms with van der Waals surface area (Å²) in [6.45, 7) is 0.158. The van der Waals surface area contributed by atoms with Gasteiger partial charge in [0.25, 0.3) is 0 Å². The molecule has 9 nitrogen and oxygen atoms in total. The maximum absolute atomic E-state index is 11.1. The third kappa shape index (κ3) is 2.71. The fourth-order valence-corrected chi connectivity index (χ4v) is 2.51. The molecule has 1 aromatic carbocycles. The van der Waals surface area contributed by atoms with Gasteiger partial charge in [-0.05, 0) is 24.3 Å². The Kier molecular flexibility index (Phi) is 3.46. The number of imidazole rings is 1. The van der Waals surface area contributed by atoms with Crippen molar-refractivity contribution < 1.29 is 24.5 Å². The van der Waals surface area contributed by atoms with Gasteiger partial charge in [0.15, 0.2) is 28.7 Å². The zero-order valence-electron chi connectivity index (χ0n) is 12.8. The highest BCUT2D eigenvalue weighted by atomic mass is 16.7. The van der Waals surface area contributed by atoms with Crippen LogP contribution in [0.3, 0.4) is 0 Å². The molecule has 4 rings (SSSR count). The fraction of sp³-hybridized carbons (Fsp3) is 0.125. The Balaban J connectivity index is 1.77. The molecular weight excluding hydrogens is 328 g/mol. The molecule has 0 saturated heterocycles. The average Bonchev–Trinajstić information content (AvgIpc) is 3.17. The molecule has 0 bridgehead atoms. The number of aromatic hydroxyl groups is 1. The number of benzene rings is 1. The summed E-state index contributed by atoms with van der Waals surface area (Å²) in [5, 5.41) is 27.2. The van der Waals surface area contributed by atoms with Crippen LogP contribution in [0, 0.1) is 0 Å². The standard InChI is InChI=1S/C16H12N4O5/c21-11-2-1-5-20-15(10(7-14(22)23)17-16(11)20)19-18-9-3-4-12-13(6-9)25-8-24-12/h1-6,21H,7-8H2,(H,22,23). The van der Waals surface area contributed by atoms with E-state index in [0.29, 0.717) is 17.2 Å². The van der Waals surface area contributed by atoms with Gasteiger partial charge in [-0.1, -0.05) is 0 Å². The molecule has 25 heavy (non-hydrogen) atoms. The SMILES string of the molecule is O=C(O)Cc1nc2c(O)cccn2c1N=Nc1ccc2c(c1)OCO2. The van der Waals surface area contributed by atoms with E-state index < -0.39 is 5.97 Å². The predicted molar refractivity (Wildman–Crippen MR) is 84.9 cm³/mol. The van der Waals surface area contributed by atoms with Gasteiger partial charge in [0.2, 0.25) is 6.79 Å². The van der Waals surface area contributed by atoms with Crippen LogP contribution in [0.2, 0.25) is 0 Å². The second kappa shape index (κ2) is 5.78. The normalized spacial score (nSPS) is 13.0. The van der Waals surface area contributed by atoms with Crippen LogP contribution in [-0.2, 0) is 11.2 Å². The third-order valence-electron chi connectivity index (χ3n) is 3.61. The molecule has 3 heterocycles. The molecule has 0 aliphatic carbocycles. The molecule has 0 amide bonds. The molecule has 0 spiro atoms. The molecule has 0 fully saturated rings. The number of azo groups is 1. The van der Waals surface area contributed by atoms with E-state index in [1.807, 2.05) is 0 Å². The second-order valence-electron chi connectivity index (χ2n) is 5.28. The van der Waals surface area contributed by atoms with Crippen LogP contribution < -0.4 is 9.47 Å². The molecule has 0 saturated carbocycles. The van der Waals surface area contributed by atoms with Crippen LogP contribution in [0.5, 0.6) is 17.2 Å². The Hall–Kier alpha value is -3.62. The van der Waals surface area contributed by atoms with Crippen LogP contribution in [0.1, 0.15) is 5.69 Å². The quantitative estimate of drug-likeness (QED) is 0.705. The largest absolute Gasteiger partial charge is 0.504 e. The Morgan fingerprint density at radius 3 is 2.92 bits per heavy atom. The lowest BCUT2D eigenvalue weighted by molar-refractivity contribution is -0.136. The van der Waals surface area contributed by atoms with Gasteiger partial charge in [-0.3, -0.25) is 9.20 Å². The Labute approximate surface area is 140 Å². The summed E-state index contributed by atoms with van der Waals surface area (Å²) in [7, 11) is 0. The predicted octanol–water partition coefficient (Wildman–Crippen LogP) is 2.81. The van der Waals surface area contributed by atoms with Crippen molar-refractivity contribution >= 4 is 23.1 Å². The van der Waals surface area contributed by atoms with E-state index in [1.54, 1.807) is 30.5 Å². The van der Waals surface area contributed by atoms with Crippen molar-refractivity contribution in [3.05, 3.63) is 42.2 Å². The van der Waals surface area contributed by atoms with Gasteiger partial charge < -0.3 is 19.7 Å². The zero-order chi connectivity index (χ0) is 17.4. The topological polar surface area (TPSA) is 118 Å². The lowest BCUT2D eigenvalue weighted by Gasteiger charge is -1.99. The van der Waals surface area contributed by atoms with Gasteiger partial charge in [0.1, 0.15) is 0 Å². The molecule has 2 N–H and O–H groups in total. The highest BCUT2D eigenvalue weighted by molar-refractivity contribution is 5.73. The van der Waals surface area contributed by atoms with Crippen LogP contribution in [0.4, 0.5) is 11.5 Å². The van der Waals surface area contributed by atoms with E-state index in [4.69, 9.17) is 14.6 Å². The number of carbonyl (C=O) groups is 1. The number of nitrogens with zero attached hydrogens (tertiary/aromatic N) is 4. The molecule has 0 unspecified atom stereocenters. The molecule has 2 aromatic heterocycles. The van der Waals surface area contributed by atoms with Crippen molar-refractivity contribution in [1.29, 1.82) is 0 Å². The Bertz CT molecular complexity index is 1010. The van der Waals surface area contributed by atoms with Crippen molar-refractivity contribution in [2.24, 2.45) is 10.2 Å². The van der Waals surface area contributed by atoms with E-state index in [2.05, 4.69) is 15.2 Å². The number of hydrogen-bond donors (Lipinski definition) is 2. The first kappa shape index (κ1) is 14.9. The molecule has 9 heteroatoms. The number of carboxylic acid groups (broad SMARTS) is 1. The zero-order valence-corrected chi connectivity index (χ0v) is 12.8. The highest BCUT2D eigenvalue weighted by Crippen LogP contribution is 2.36. The van der Waals surface area contributed by atoms with Gasteiger partial charge in [-0.25, -0.2) is 4.98 Å². The fourth-order valence-electron chi connectivity index (χ4n) is 2.51. The lowest BCUT2D eigenvalue weighted by atomic mass is 10.3. The number of carboxylic acids is 1. The van der Waals surface area contributed by atoms with E-state index in [0.717, 1.165) is 0 Å². The average molecular weight is 340 g/mol. The Morgan fingerprint density at radius 2 is 2.08 bits per heavy atom. The molecule has 126 valence electrons. The summed E-state index contributed by atoms with van der Waals surface area (Å²) in [6, 6.07) is 8.16. The minimum Gasteiger partial charge on any atom is -0.504 e. The number of aliphatic carboxylic acids is 1. The first-order valence-electron chi connectivity index (χ1n) is 7.34. The Morgan fingerprint density at radius 1 is 1.24 bits per heavy atom. The summed E-state index contributed by atoms with van der Waals surface area (Å²) in [5.41, 5.74) is 0.942. The van der Waals surface area contributed by atoms with E-state index in [-0.39, 0.29) is 36.1 Å². The van der Waals surface area contributed by atoms with Crippen molar-refractivity contribution in [3.63, 3.8) is 0 Å². The monoisotopic (exact) mass is 340 g/mol. The molecule has 1 aliphatic rings. The minimum atomic E-state index is -1.05. The van der Waals surface area contributed by atoms with Crippen molar-refractivity contribution in [2.45, 2.75) is 6.42 Å². The van der Waals surface area contributed by atoms with E-state index >= 15 is 0 Å². The second-order valence-corrected chi connectivity index (χ2v) is 5.28. The van der Waals surface area contributed by atoms with Crippen molar-refractivity contribution in [1.82, 2.24) is 9.38 Å². The number of aromatic nitrogens is 2. The van der Waals surface area contributed by atoms with Crippen LogP contribution >= 0.6 is 0 Å². The maximum atomic E-state index is 11.1. The first-order chi connectivity index (χ1) is 12.1. The smallest absolute Gasteiger partial charge is 0.309 e. The number of ether oxygens (including phenoxy) is 2. The van der Waals surface area contributed by atoms with Gasteiger partial charge >= 0.3 is 5.97 Å². The summed E-state index contributed by atoms with van der Waals surface area (Å²) in [5.74, 6) is 0.315. The first-order valence-corrected chi connectivity index (χ1v) is 7.34. The third-order valence-corrected chi connectivity index (χ3v) is 3.61. The summed E-state index contributed by atoms with van der Waals surface area (Å²) >= 11 is 0. The molecule has 0 atom stereocenters. The van der Waals surface area contributed by atoms with Gasteiger partial charge in [0.05, 0.1) is 17.8 Å². The molecule has 1 aliphatic heterocycles. The van der Waals surface area contributed by atoms with E-state index in [9.17, 15) is 9.90 Å². The number of rotatable bonds is 4. The number of pyridine rings is 1. The van der Waals surface area contributed by atoms with Crippen LogP contribution in [0.15, 0.2) is 46.8 Å². The summed E-state index contributed by atoms with van der Waals surface area (Å²) in [6.07, 6.45) is 1.29. The van der Waals surface area contributed by atoms with Crippen molar-refractivity contribution in [3.8, 4) is 17.2 Å².